The van der Waals surface area contributed by atoms with Gasteiger partial charge in [-0.2, -0.15) is 0 Å². The fraction of sp³-hybridized carbons (Fsp3) is 0.632. The maximum Gasteiger partial charge on any atom is 0.333 e. The second-order valence-electron chi connectivity index (χ2n) is 7.07. The molecule has 0 spiro atoms. The van der Waals surface area contributed by atoms with Crippen LogP contribution in [0.1, 0.15) is 25.3 Å². The maximum absolute atomic E-state index is 11.2. The number of hydrogen-bond donors (Lipinski definition) is 2. The average Bonchev–Trinajstić information content (AvgIpc) is 2.61. The summed E-state index contributed by atoms with van der Waals surface area (Å²) in [7, 11) is 0. The van der Waals surface area contributed by atoms with Gasteiger partial charge in [0, 0.05) is 28.0 Å². The van der Waals surface area contributed by atoms with Crippen molar-refractivity contribution in [3.05, 3.63) is 29.8 Å². The molecule has 4 rings (SSSR count). The first-order chi connectivity index (χ1) is 12.0. The van der Waals surface area contributed by atoms with Crippen molar-refractivity contribution < 1.29 is 24.5 Å². The zero-order chi connectivity index (χ0) is 17.9. The van der Waals surface area contributed by atoms with Crippen molar-refractivity contribution in [3.63, 3.8) is 0 Å². The first-order valence-corrected chi connectivity index (χ1v) is 9.01. The first-order valence-electron chi connectivity index (χ1n) is 9.01. The lowest BCUT2D eigenvalue weighted by molar-refractivity contribution is -0.149. The largest absolute Gasteiger partial charge is 0.491 e. The Hall–Kier alpha value is -1.57. The van der Waals surface area contributed by atoms with Crippen LogP contribution >= 0.6 is 0 Å². The third kappa shape index (κ3) is 4.78. The number of rotatable bonds is 8. The van der Waals surface area contributed by atoms with Crippen molar-refractivity contribution in [1.29, 1.82) is 0 Å². The monoisotopic (exact) mass is 360 g/mol. The Labute approximate surface area is 156 Å². The molecule has 2 N–H and O–H groups in total. The number of carboxylic acids is 1. The van der Waals surface area contributed by atoms with Crippen molar-refractivity contribution in [2.24, 2.45) is 5.92 Å². The Morgan fingerprint density at radius 1 is 1.31 bits per heavy atom. The van der Waals surface area contributed by atoms with Crippen molar-refractivity contribution in [3.8, 4) is 5.75 Å². The molecule has 3 aliphatic rings. The highest BCUT2D eigenvalue weighted by atomic mass is 16.5. The van der Waals surface area contributed by atoms with Gasteiger partial charge in [-0.15, -0.1) is 0 Å². The van der Waals surface area contributed by atoms with E-state index in [1.807, 2.05) is 24.3 Å². The summed E-state index contributed by atoms with van der Waals surface area (Å²) in [6.07, 6.45) is 1.56. The summed E-state index contributed by atoms with van der Waals surface area (Å²) in [5.74, 6) is 0.0583. The van der Waals surface area contributed by atoms with Crippen LogP contribution in [0, 0.1) is 5.92 Å². The van der Waals surface area contributed by atoms with Gasteiger partial charge in [0.1, 0.15) is 18.0 Å². The highest BCUT2D eigenvalue weighted by Crippen LogP contribution is 2.36. The molecule has 3 radical (unpaired) electrons. The van der Waals surface area contributed by atoms with Gasteiger partial charge in [0.05, 0.1) is 0 Å². The average molecular weight is 360 g/mol. The van der Waals surface area contributed by atoms with Crippen molar-refractivity contribution >= 4 is 14.4 Å². The highest BCUT2D eigenvalue weighted by molar-refractivity contribution is 5.75. The standard InChI is InChI=1S/C19H27NO5.B/c1-2-24-17(18(21)22)11-14-3-5-16(6-4-14)25-13-19(23)12-20-9-7-15(19)8-10-20;/h3-6,15,17,23H,2,7-13H2,1H3,(H,21,22);. The fourth-order valence-corrected chi connectivity index (χ4v) is 3.87. The predicted octanol–water partition coefficient (Wildman–Crippen LogP) is 1.17. The van der Waals surface area contributed by atoms with Crippen LogP contribution in [-0.4, -0.2) is 74.0 Å². The molecule has 1 aromatic carbocycles. The molecule has 3 heterocycles. The molecule has 2 unspecified atom stereocenters. The molecule has 0 saturated carbocycles. The van der Waals surface area contributed by atoms with Crippen LogP contribution in [0.4, 0.5) is 0 Å². The molecule has 2 bridgehead atoms. The minimum Gasteiger partial charge on any atom is -0.491 e. The zero-order valence-corrected chi connectivity index (χ0v) is 15.3. The van der Waals surface area contributed by atoms with E-state index >= 15 is 0 Å². The quantitative estimate of drug-likeness (QED) is 0.678. The van der Waals surface area contributed by atoms with Gasteiger partial charge < -0.3 is 24.6 Å². The Morgan fingerprint density at radius 3 is 2.46 bits per heavy atom. The van der Waals surface area contributed by atoms with Crippen LogP contribution in [0.2, 0.25) is 0 Å². The number of aliphatic carboxylic acids is 1. The van der Waals surface area contributed by atoms with Crippen LogP contribution < -0.4 is 4.74 Å². The zero-order valence-electron chi connectivity index (χ0n) is 15.3. The summed E-state index contributed by atoms with van der Waals surface area (Å²) < 4.78 is 11.1. The van der Waals surface area contributed by atoms with Crippen LogP contribution in [0.25, 0.3) is 0 Å². The Kier molecular flexibility index (Phi) is 7.09. The lowest BCUT2D eigenvalue weighted by atomic mass is 9.76. The summed E-state index contributed by atoms with van der Waals surface area (Å²) in [5, 5.41) is 20.0. The highest BCUT2D eigenvalue weighted by Gasteiger charge is 2.45. The normalized spacial score (nSPS) is 28.2. The van der Waals surface area contributed by atoms with E-state index in [0.29, 0.717) is 37.8 Å². The molecule has 141 valence electrons. The maximum atomic E-state index is 11.2. The van der Waals surface area contributed by atoms with Gasteiger partial charge in [-0.05, 0) is 56.5 Å². The topological polar surface area (TPSA) is 79.2 Å². The van der Waals surface area contributed by atoms with E-state index in [0.717, 1.165) is 31.5 Å². The van der Waals surface area contributed by atoms with Gasteiger partial charge in [0.2, 0.25) is 0 Å². The number of carboxylic acid groups (broad SMARTS) is 1. The van der Waals surface area contributed by atoms with E-state index in [9.17, 15) is 9.90 Å². The van der Waals surface area contributed by atoms with E-state index in [1.54, 1.807) is 6.92 Å². The first kappa shape index (κ1) is 20.7. The molecule has 7 heteroatoms. The molecule has 3 aliphatic heterocycles. The smallest absolute Gasteiger partial charge is 0.333 e. The van der Waals surface area contributed by atoms with Gasteiger partial charge >= 0.3 is 5.97 Å². The van der Waals surface area contributed by atoms with Crippen LogP contribution in [0.3, 0.4) is 0 Å². The molecule has 2 atom stereocenters. The van der Waals surface area contributed by atoms with Crippen LogP contribution in [0.15, 0.2) is 24.3 Å². The number of benzene rings is 1. The Balaban J connectivity index is 0.00000243. The summed E-state index contributed by atoms with van der Waals surface area (Å²) in [6.45, 7) is 5.29. The molecule has 0 aliphatic carbocycles. The van der Waals surface area contributed by atoms with E-state index in [-0.39, 0.29) is 8.41 Å². The summed E-state index contributed by atoms with van der Waals surface area (Å²) in [5.41, 5.74) is 0.119. The molecule has 0 amide bonds. The molecule has 26 heavy (non-hydrogen) atoms. The number of piperidine rings is 3. The van der Waals surface area contributed by atoms with Crippen LogP contribution in [-0.2, 0) is 16.0 Å². The lowest BCUT2D eigenvalue weighted by Crippen LogP contribution is -2.61. The molecule has 0 aromatic heterocycles. The number of fused-ring (bicyclic) bond motifs is 3. The number of aliphatic hydroxyl groups is 1. The minimum atomic E-state index is -0.952. The summed E-state index contributed by atoms with van der Waals surface area (Å²) in [6, 6.07) is 7.35. The number of ether oxygens (including phenoxy) is 2. The summed E-state index contributed by atoms with van der Waals surface area (Å²) in [4.78, 5) is 13.5. The second kappa shape index (κ2) is 8.89. The van der Waals surface area contributed by atoms with Gasteiger partial charge in [-0.25, -0.2) is 4.79 Å². The van der Waals surface area contributed by atoms with E-state index < -0.39 is 17.7 Å². The van der Waals surface area contributed by atoms with Crippen molar-refractivity contribution in [2.45, 2.75) is 37.9 Å². The predicted molar refractivity (Wildman–Crippen MR) is 98.6 cm³/mol. The second-order valence-corrected chi connectivity index (χ2v) is 7.07. The Bertz CT molecular complexity index is 588. The third-order valence-electron chi connectivity index (χ3n) is 5.32. The van der Waals surface area contributed by atoms with Crippen LogP contribution in [0.5, 0.6) is 5.75 Å². The van der Waals surface area contributed by atoms with Crippen molar-refractivity contribution in [2.75, 3.05) is 32.8 Å². The fourth-order valence-electron chi connectivity index (χ4n) is 3.87. The number of nitrogens with zero attached hydrogens (tertiary/aromatic N) is 1. The van der Waals surface area contributed by atoms with Gasteiger partial charge in [-0.3, -0.25) is 0 Å². The molecular formula is C19H27BNO5. The Morgan fingerprint density at radius 2 is 1.96 bits per heavy atom. The summed E-state index contributed by atoms with van der Waals surface area (Å²) >= 11 is 0. The third-order valence-corrected chi connectivity index (χ3v) is 5.32. The molecule has 3 fully saturated rings. The molecule has 6 nitrogen and oxygen atoms in total. The SMILES string of the molecule is CCOC(Cc1ccc(OCC2(O)CN3CCC2CC3)cc1)C(=O)O.[B]. The molecule has 1 aromatic rings. The van der Waals surface area contributed by atoms with Gasteiger partial charge in [0.15, 0.2) is 6.10 Å². The van der Waals surface area contributed by atoms with E-state index in [1.165, 1.54) is 0 Å². The lowest BCUT2D eigenvalue weighted by Gasteiger charge is -2.50. The molecule has 3 saturated heterocycles. The molecular weight excluding hydrogens is 333 g/mol. The van der Waals surface area contributed by atoms with E-state index in [2.05, 4.69) is 4.90 Å². The minimum absolute atomic E-state index is 0. The number of carbonyl (C=O) groups is 1. The van der Waals surface area contributed by atoms with Crippen molar-refractivity contribution in [1.82, 2.24) is 4.90 Å². The van der Waals surface area contributed by atoms with Gasteiger partial charge in [0.25, 0.3) is 0 Å². The van der Waals surface area contributed by atoms with Gasteiger partial charge in [-0.1, -0.05) is 12.1 Å². The van der Waals surface area contributed by atoms with E-state index in [4.69, 9.17) is 14.6 Å². The number of hydrogen-bond acceptors (Lipinski definition) is 5.